The van der Waals surface area contributed by atoms with Crippen LogP contribution in [0.15, 0.2) is 54.6 Å². The van der Waals surface area contributed by atoms with Gasteiger partial charge in [-0.1, -0.05) is 59.4 Å². The largest absolute Gasteiger partial charge is 0.316 e. The highest BCUT2D eigenvalue weighted by molar-refractivity contribution is 7.20. The molecule has 0 aliphatic carbocycles. The van der Waals surface area contributed by atoms with Crippen LogP contribution < -0.4 is 10.6 Å². The minimum atomic E-state index is -0.237. The van der Waals surface area contributed by atoms with E-state index in [0.29, 0.717) is 21.4 Å². The molecule has 2 N–H and O–H groups in total. The van der Waals surface area contributed by atoms with Gasteiger partial charge in [-0.05, 0) is 19.1 Å². The summed E-state index contributed by atoms with van der Waals surface area (Å²) in [5, 5.41) is 6.63. The van der Waals surface area contributed by atoms with E-state index in [2.05, 4.69) is 15.6 Å². The molecule has 0 saturated heterocycles. The number of carbonyl (C=O) groups is 2. The van der Waals surface area contributed by atoms with Crippen LogP contribution in [0.5, 0.6) is 0 Å². The van der Waals surface area contributed by atoms with Crippen LogP contribution in [-0.4, -0.2) is 16.8 Å². The van der Waals surface area contributed by atoms with Crippen molar-refractivity contribution in [3.63, 3.8) is 0 Å². The monoisotopic (exact) mass is 351 g/mol. The molecule has 5 nitrogen and oxygen atoms in total. The van der Waals surface area contributed by atoms with Crippen LogP contribution in [0.1, 0.15) is 22.8 Å². The third-order valence-electron chi connectivity index (χ3n) is 3.50. The van der Waals surface area contributed by atoms with E-state index in [9.17, 15) is 9.59 Å². The quantitative estimate of drug-likeness (QED) is 0.735. The number of nitrogens with zero attached hydrogens (tertiary/aromatic N) is 1. The van der Waals surface area contributed by atoms with Gasteiger partial charge in [-0.15, -0.1) is 0 Å². The van der Waals surface area contributed by atoms with Crippen LogP contribution in [0.25, 0.3) is 11.3 Å². The van der Waals surface area contributed by atoms with Gasteiger partial charge in [0.2, 0.25) is 5.91 Å². The lowest BCUT2D eigenvalue weighted by atomic mass is 10.1. The Bertz CT molecular complexity index is 902. The zero-order chi connectivity index (χ0) is 17.8. The predicted molar refractivity (Wildman–Crippen MR) is 101 cm³/mol. The molecule has 0 saturated carbocycles. The SMILES string of the molecule is CC(=O)Nc1sc(NC(=O)c2ccccc2)nc1-c1ccc(C)cc1. The lowest BCUT2D eigenvalue weighted by molar-refractivity contribution is -0.114. The molecular weight excluding hydrogens is 334 g/mol. The summed E-state index contributed by atoms with van der Waals surface area (Å²) >= 11 is 1.23. The number of amides is 2. The summed E-state index contributed by atoms with van der Waals surface area (Å²) in [4.78, 5) is 28.3. The van der Waals surface area contributed by atoms with Crippen LogP contribution >= 0.6 is 11.3 Å². The predicted octanol–water partition coefficient (Wildman–Crippen LogP) is 4.33. The summed E-state index contributed by atoms with van der Waals surface area (Å²) in [5.74, 6) is -0.419. The number of hydrogen-bond donors (Lipinski definition) is 2. The molecule has 0 unspecified atom stereocenters. The van der Waals surface area contributed by atoms with Crippen molar-refractivity contribution in [2.75, 3.05) is 10.6 Å². The summed E-state index contributed by atoms with van der Waals surface area (Å²) in [6.07, 6.45) is 0. The Morgan fingerprint density at radius 3 is 2.28 bits per heavy atom. The highest BCUT2D eigenvalue weighted by Crippen LogP contribution is 2.36. The van der Waals surface area contributed by atoms with Crippen molar-refractivity contribution in [2.45, 2.75) is 13.8 Å². The molecule has 25 heavy (non-hydrogen) atoms. The highest BCUT2D eigenvalue weighted by atomic mass is 32.1. The Morgan fingerprint density at radius 1 is 0.960 bits per heavy atom. The van der Waals surface area contributed by atoms with Crippen molar-refractivity contribution < 1.29 is 9.59 Å². The number of rotatable bonds is 4. The number of nitrogens with one attached hydrogen (secondary N) is 2. The van der Waals surface area contributed by atoms with E-state index in [4.69, 9.17) is 0 Å². The first-order valence-electron chi connectivity index (χ1n) is 7.75. The van der Waals surface area contributed by atoms with Gasteiger partial charge < -0.3 is 5.32 Å². The average molecular weight is 351 g/mol. The van der Waals surface area contributed by atoms with Crippen LogP contribution in [-0.2, 0) is 4.79 Å². The first kappa shape index (κ1) is 16.9. The van der Waals surface area contributed by atoms with Gasteiger partial charge in [-0.25, -0.2) is 4.98 Å². The normalized spacial score (nSPS) is 10.3. The fourth-order valence-corrected chi connectivity index (χ4v) is 3.21. The Kier molecular flexibility index (Phi) is 4.90. The minimum absolute atomic E-state index is 0.182. The number of aryl methyl sites for hydroxylation is 1. The summed E-state index contributed by atoms with van der Waals surface area (Å²) in [7, 11) is 0. The maximum atomic E-state index is 12.3. The Morgan fingerprint density at radius 2 is 1.64 bits per heavy atom. The second-order valence-electron chi connectivity index (χ2n) is 5.56. The first-order valence-corrected chi connectivity index (χ1v) is 8.56. The molecule has 2 aromatic carbocycles. The fourth-order valence-electron chi connectivity index (χ4n) is 2.28. The van der Waals surface area contributed by atoms with Gasteiger partial charge in [0.1, 0.15) is 10.7 Å². The van der Waals surface area contributed by atoms with Crippen molar-refractivity contribution in [1.29, 1.82) is 0 Å². The van der Waals surface area contributed by atoms with Crippen LogP contribution in [0.4, 0.5) is 10.1 Å². The lowest BCUT2D eigenvalue weighted by Gasteiger charge is -2.02. The summed E-state index contributed by atoms with van der Waals surface area (Å²) in [6, 6.07) is 16.8. The average Bonchev–Trinajstić information content (AvgIpc) is 2.98. The number of benzene rings is 2. The van der Waals surface area contributed by atoms with Gasteiger partial charge in [0.15, 0.2) is 5.13 Å². The number of aromatic nitrogens is 1. The third-order valence-corrected chi connectivity index (χ3v) is 4.38. The topological polar surface area (TPSA) is 71.1 Å². The number of hydrogen-bond acceptors (Lipinski definition) is 4. The van der Waals surface area contributed by atoms with E-state index in [0.717, 1.165) is 11.1 Å². The zero-order valence-electron chi connectivity index (χ0n) is 13.9. The van der Waals surface area contributed by atoms with Gasteiger partial charge in [0.25, 0.3) is 5.91 Å². The van der Waals surface area contributed by atoms with E-state index >= 15 is 0 Å². The molecule has 0 fully saturated rings. The van der Waals surface area contributed by atoms with Gasteiger partial charge in [-0.3, -0.25) is 14.9 Å². The molecular formula is C19H17N3O2S. The Balaban J connectivity index is 1.91. The number of carbonyl (C=O) groups excluding carboxylic acids is 2. The molecule has 0 bridgehead atoms. The first-order chi connectivity index (χ1) is 12.0. The molecule has 1 heterocycles. The van der Waals surface area contributed by atoms with Crippen LogP contribution in [0, 0.1) is 6.92 Å². The molecule has 0 radical (unpaired) electrons. The van der Waals surface area contributed by atoms with E-state index in [1.54, 1.807) is 24.3 Å². The standard InChI is InChI=1S/C19H17N3O2S/c1-12-8-10-14(11-9-12)16-18(20-13(2)23)25-19(21-16)22-17(24)15-6-4-3-5-7-15/h3-11H,1-2H3,(H,20,23)(H,21,22,24). The summed E-state index contributed by atoms with van der Waals surface area (Å²) in [6.45, 7) is 3.45. The maximum absolute atomic E-state index is 12.3. The molecule has 2 amide bonds. The van der Waals surface area contributed by atoms with E-state index in [-0.39, 0.29) is 11.8 Å². The molecule has 0 aliphatic heterocycles. The van der Waals surface area contributed by atoms with E-state index in [1.807, 2.05) is 37.3 Å². The van der Waals surface area contributed by atoms with Gasteiger partial charge in [-0.2, -0.15) is 0 Å². The van der Waals surface area contributed by atoms with Crippen molar-refractivity contribution in [3.05, 3.63) is 65.7 Å². The third kappa shape index (κ3) is 4.10. The van der Waals surface area contributed by atoms with Crippen molar-refractivity contribution >= 4 is 33.3 Å². The highest BCUT2D eigenvalue weighted by Gasteiger charge is 2.16. The molecule has 6 heteroatoms. The van der Waals surface area contributed by atoms with Crippen molar-refractivity contribution in [3.8, 4) is 11.3 Å². The zero-order valence-corrected chi connectivity index (χ0v) is 14.7. The Hall–Kier alpha value is -2.99. The smallest absolute Gasteiger partial charge is 0.257 e. The molecule has 1 aromatic heterocycles. The van der Waals surface area contributed by atoms with Crippen molar-refractivity contribution in [2.24, 2.45) is 0 Å². The number of anilines is 2. The molecule has 0 aliphatic rings. The summed E-state index contributed by atoms with van der Waals surface area (Å²) < 4.78 is 0. The molecule has 126 valence electrons. The van der Waals surface area contributed by atoms with Crippen LogP contribution in [0.2, 0.25) is 0 Å². The lowest BCUT2D eigenvalue weighted by Crippen LogP contribution is -2.11. The molecule has 0 atom stereocenters. The second kappa shape index (κ2) is 7.27. The van der Waals surface area contributed by atoms with Crippen molar-refractivity contribution in [1.82, 2.24) is 4.98 Å². The maximum Gasteiger partial charge on any atom is 0.257 e. The van der Waals surface area contributed by atoms with E-state index in [1.165, 1.54) is 18.3 Å². The number of thiazole rings is 1. The molecule has 3 aromatic rings. The van der Waals surface area contributed by atoms with Gasteiger partial charge in [0.05, 0.1) is 0 Å². The second-order valence-corrected chi connectivity index (χ2v) is 6.56. The Labute approximate surface area is 149 Å². The van der Waals surface area contributed by atoms with Crippen LogP contribution in [0.3, 0.4) is 0 Å². The van der Waals surface area contributed by atoms with Gasteiger partial charge in [0, 0.05) is 18.1 Å². The fraction of sp³-hybridized carbons (Fsp3) is 0.105. The minimum Gasteiger partial charge on any atom is -0.316 e. The van der Waals surface area contributed by atoms with Gasteiger partial charge >= 0.3 is 0 Å². The summed E-state index contributed by atoms with van der Waals surface area (Å²) in [5.41, 5.74) is 3.21. The molecule has 3 rings (SSSR count). The molecule has 0 spiro atoms. The van der Waals surface area contributed by atoms with E-state index < -0.39 is 0 Å².